The Morgan fingerprint density at radius 1 is 0.864 bits per heavy atom. The molecule has 0 aromatic heterocycles. The molecule has 0 spiro atoms. The predicted molar refractivity (Wildman–Crippen MR) is 92.2 cm³/mol. The van der Waals surface area contributed by atoms with Gasteiger partial charge in [0.1, 0.15) is 11.5 Å². The number of hydrogen-bond acceptors (Lipinski definition) is 2. The average Bonchev–Trinajstić information content (AvgIpc) is 2.56. The third-order valence-corrected chi connectivity index (χ3v) is 3.83. The van der Waals surface area contributed by atoms with Gasteiger partial charge in [-0.3, -0.25) is 0 Å². The largest absolute Gasteiger partial charge is 0.492 e. The maximum atomic E-state index is 5.83. The van der Waals surface area contributed by atoms with Crippen LogP contribution in [0.5, 0.6) is 11.5 Å². The Balaban J connectivity index is 2.98. The molecule has 1 aromatic rings. The molecule has 0 saturated carbocycles. The third kappa shape index (κ3) is 5.05. The van der Waals surface area contributed by atoms with E-state index in [1.165, 1.54) is 0 Å². The van der Waals surface area contributed by atoms with Crippen LogP contribution in [-0.2, 0) is 0 Å². The van der Waals surface area contributed by atoms with Gasteiger partial charge in [-0.15, -0.1) is 12.8 Å². The Labute approximate surface area is 135 Å². The number of rotatable bonds is 8. The van der Waals surface area contributed by atoms with E-state index in [1.807, 2.05) is 12.1 Å². The van der Waals surface area contributed by atoms with Gasteiger partial charge in [0.25, 0.3) is 0 Å². The SMILES string of the molecule is C#Cc1cc(OC[C@@H](C)CC)c(C#C)cc1OC[C@@H](C)CC. The van der Waals surface area contributed by atoms with Crippen LogP contribution >= 0.6 is 0 Å². The van der Waals surface area contributed by atoms with Crippen LogP contribution in [0.1, 0.15) is 51.7 Å². The number of ether oxygens (including phenoxy) is 2. The van der Waals surface area contributed by atoms with Gasteiger partial charge in [0.2, 0.25) is 0 Å². The van der Waals surface area contributed by atoms with Crippen LogP contribution in [-0.4, -0.2) is 13.2 Å². The summed E-state index contributed by atoms with van der Waals surface area (Å²) in [5.41, 5.74) is 1.36. The molecule has 0 unspecified atom stereocenters. The summed E-state index contributed by atoms with van der Waals surface area (Å²) in [5.74, 6) is 7.58. The van der Waals surface area contributed by atoms with E-state index >= 15 is 0 Å². The van der Waals surface area contributed by atoms with Crippen molar-refractivity contribution < 1.29 is 9.47 Å². The van der Waals surface area contributed by atoms with Crippen molar-refractivity contribution in [2.45, 2.75) is 40.5 Å². The fraction of sp³-hybridized carbons (Fsp3) is 0.500. The highest BCUT2D eigenvalue weighted by Gasteiger charge is 2.12. The van der Waals surface area contributed by atoms with E-state index in [-0.39, 0.29) is 0 Å². The maximum absolute atomic E-state index is 5.83. The van der Waals surface area contributed by atoms with E-state index in [1.54, 1.807) is 0 Å². The fourth-order valence-corrected chi connectivity index (χ4v) is 1.72. The van der Waals surface area contributed by atoms with Gasteiger partial charge >= 0.3 is 0 Å². The Hall–Kier alpha value is -2.06. The quantitative estimate of drug-likeness (QED) is 0.658. The van der Waals surface area contributed by atoms with Gasteiger partial charge in [-0.25, -0.2) is 0 Å². The molecular formula is C20H26O2. The molecule has 118 valence electrons. The normalized spacial score (nSPS) is 12.8. The highest BCUT2D eigenvalue weighted by Crippen LogP contribution is 2.29. The first kappa shape index (κ1) is 18.0. The van der Waals surface area contributed by atoms with Crippen LogP contribution in [0.15, 0.2) is 12.1 Å². The highest BCUT2D eigenvalue weighted by molar-refractivity contribution is 5.57. The lowest BCUT2D eigenvalue weighted by Gasteiger charge is -2.16. The monoisotopic (exact) mass is 298 g/mol. The Morgan fingerprint density at radius 3 is 1.50 bits per heavy atom. The Morgan fingerprint density at radius 2 is 1.23 bits per heavy atom. The molecule has 0 aliphatic rings. The summed E-state index contributed by atoms with van der Waals surface area (Å²) >= 11 is 0. The standard InChI is InChI=1S/C20H26O2/c1-7-15(5)13-21-19-11-18(10-4)20(12-17(19)9-3)22-14-16(6)8-2/h3-4,11-12,15-16H,7-8,13-14H2,1-2,5-6H3/t15-,16-/m0/s1. The van der Waals surface area contributed by atoms with Crippen LogP contribution in [0.2, 0.25) is 0 Å². The molecular weight excluding hydrogens is 272 g/mol. The minimum Gasteiger partial charge on any atom is -0.492 e. The minimum absolute atomic E-state index is 0.473. The minimum atomic E-state index is 0.473. The summed E-state index contributed by atoms with van der Waals surface area (Å²) in [6.07, 6.45) is 13.3. The van der Waals surface area contributed by atoms with E-state index in [0.717, 1.165) is 12.8 Å². The molecule has 0 heterocycles. The molecule has 0 amide bonds. The molecule has 0 bridgehead atoms. The van der Waals surface area contributed by atoms with E-state index in [2.05, 4.69) is 39.5 Å². The molecule has 0 fully saturated rings. The number of benzene rings is 1. The zero-order valence-electron chi connectivity index (χ0n) is 14.1. The fourth-order valence-electron chi connectivity index (χ4n) is 1.72. The molecule has 0 aliphatic carbocycles. The van der Waals surface area contributed by atoms with Crippen molar-refractivity contribution in [2.75, 3.05) is 13.2 Å². The smallest absolute Gasteiger partial charge is 0.136 e. The van der Waals surface area contributed by atoms with E-state index < -0.39 is 0 Å². The first-order valence-corrected chi connectivity index (χ1v) is 7.92. The van der Waals surface area contributed by atoms with Gasteiger partial charge in [0, 0.05) is 12.1 Å². The molecule has 2 atom stereocenters. The first-order valence-electron chi connectivity index (χ1n) is 7.92. The van der Waals surface area contributed by atoms with Crippen molar-refractivity contribution in [1.29, 1.82) is 0 Å². The second-order valence-corrected chi connectivity index (χ2v) is 5.78. The second kappa shape index (κ2) is 9.06. The van der Waals surface area contributed by atoms with Gasteiger partial charge in [0.05, 0.1) is 24.3 Å². The van der Waals surface area contributed by atoms with Crippen LogP contribution in [0, 0.1) is 36.5 Å². The summed E-state index contributed by atoms with van der Waals surface area (Å²) in [6.45, 7) is 9.80. The molecule has 0 saturated heterocycles. The van der Waals surface area contributed by atoms with Crippen molar-refractivity contribution in [3.8, 4) is 36.2 Å². The number of terminal acetylenes is 2. The molecule has 1 aromatic carbocycles. The van der Waals surface area contributed by atoms with Crippen molar-refractivity contribution >= 4 is 0 Å². The van der Waals surface area contributed by atoms with Crippen LogP contribution in [0.3, 0.4) is 0 Å². The van der Waals surface area contributed by atoms with E-state index in [0.29, 0.717) is 47.7 Å². The topological polar surface area (TPSA) is 18.5 Å². The zero-order chi connectivity index (χ0) is 16.5. The Kier molecular flexibility index (Phi) is 7.41. The van der Waals surface area contributed by atoms with Gasteiger partial charge in [-0.1, -0.05) is 52.4 Å². The van der Waals surface area contributed by atoms with Gasteiger partial charge in [-0.05, 0) is 11.8 Å². The molecule has 2 nitrogen and oxygen atoms in total. The van der Waals surface area contributed by atoms with Crippen molar-refractivity contribution in [2.24, 2.45) is 11.8 Å². The summed E-state index contributed by atoms with van der Waals surface area (Å²) < 4.78 is 11.7. The second-order valence-electron chi connectivity index (χ2n) is 5.78. The van der Waals surface area contributed by atoms with Gasteiger partial charge in [-0.2, -0.15) is 0 Å². The molecule has 0 radical (unpaired) electrons. The zero-order valence-corrected chi connectivity index (χ0v) is 14.1. The van der Waals surface area contributed by atoms with Crippen LogP contribution in [0.25, 0.3) is 0 Å². The third-order valence-electron chi connectivity index (χ3n) is 3.83. The lowest BCUT2D eigenvalue weighted by molar-refractivity contribution is 0.249. The van der Waals surface area contributed by atoms with Crippen molar-refractivity contribution in [3.63, 3.8) is 0 Å². The van der Waals surface area contributed by atoms with Crippen molar-refractivity contribution in [1.82, 2.24) is 0 Å². The summed E-state index contributed by atoms with van der Waals surface area (Å²) in [4.78, 5) is 0. The molecule has 2 heteroatoms. The number of hydrogen-bond donors (Lipinski definition) is 0. The lowest BCUT2D eigenvalue weighted by Crippen LogP contribution is -2.10. The van der Waals surface area contributed by atoms with E-state index in [4.69, 9.17) is 22.3 Å². The molecule has 0 aliphatic heterocycles. The van der Waals surface area contributed by atoms with Crippen LogP contribution < -0.4 is 9.47 Å². The summed E-state index contributed by atoms with van der Waals surface area (Å²) in [5, 5.41) is 0. The van der Waals surface area contributed by atoms with Gasteiger partial charge < -0.3 is 9.47 Å². The van der Waals surface area contributed by atoms with E-state index in [9.17, 15) is 0 Å². The summed E-state index contributed by atoms with van der Waals surface area (Å²) in [7, 11) is 0. The highest BCUT2D eigenvalue weighted by atomic mass is 16.5. The first-order chi connectivity index (χ1) is 10.5. The van der Waals surface area contributed by atoms with Gasteiger partial charge in [0.15, 0.2) is 0 Å². The van der Waals surface area contributed by atoms with Crippen molar-refractivity contribution in [3.05, 3.63) is 23.3 Å². The predicted octanol–water partition coefficient (Wildman–Crippen LogP) is 4.50. The maximum Gasteiger partial charge on any atom is 0.136 e. The van der Waals surface area contributed by atoms with Crippen LogP contribution in [0.4, 0.5) is 0 Å². The Bertz CT molecular complexity index is 509. The average molecular weight is 298 g/mol. The molecule has 1 rings (SSSR count). The molecule has 0 N–H and O–H groups in total. The lowest BCUT2D eigenvalue weighted by atomic mass is 10.1. The summed E-state index contributed by atoms with van der Waals surface area (Å²) in [6, 6.07) is 3.62. The molecule has 22 heavy (non-hydrogen) atoms.